The number of ether oxygens (including phenoxy) is 3. The van der Waals surface area contributed by atoms with E-state index in [-0.39, 0.29) is 36.3 Å². The fourth-order valence-electron chi connectivity index (χ4n) is 5.38. The highest BCUT2D eigenvalue weighted by Crippen LogP contribution is 2.40. The van der Waals surface area contributed by atoms with Crippen molar-refractivity contribution >= 4 is 23.0 Å². The molecule has 5 heterocycles. The predicted molar refractivity (Wildman–Crippen MR) is 132 cm³/mol. The smallest absolute Gasteiger partial charge is 0.415 e. The fraction of sp³-hybridized carbons (Fsp3) is 0.407. The Balaban J connectivity index is 1.48. The molecule has 1 aromatic carbocycles. The van der Waals surface area contributed by atoms with Crippen molar-refractivity contribution in [2.45, 2.75) is 45.4 Å². The molecule has 0 saturated carbocycles. The van der Waals surface area contributed by atoms with Crippen LogP contribution in [-0.4, -0.2) is 57.9 Å². The molecule has 10 nitrogen and oxygen atoms in total. The summed E-state index contributed by atoms with van der Waals surface area (Å²) in [5.74, 6) is -0.350. The summed E-state index contributed by atoms with van der Waals surface area (Å²) in [7, 11) is 0. The summed E-state index contributed by atoms with van der Waals surface area (Å²) < 4.78 is 17.9. The monoisotopic (exact) mass is 505 g/mol. The van der Waals surface area contributed by atoms with Gasteiger partial charge in [-0.2, -0.15) is 0 Å². The molecular formula is C27H27N3O7. The van der Waals surface area contributed by atoms with Crippen LogP contribution in [0.15, 0.2) is 29.1 Å². The molecule has 0 unspecified atom stereocenters. The van der Waals surface area contributed by atoms with Crippen LogP contribution in [0.2, 0.25) is 0 Å². The molecule has 1 fully saturated rings. The average Bonchev–Trinajstić information content (AvgIpc) is 3.28. The van der Waals surface area contributed by atoms with Crippen LogP contribution >= 0.6 is 0 Å². The van der Waals surface area contributed by atoms with E-state index in [0.29, 0.717) is 60.8 Å². The third-order valence-electron chi connectivity index (χ3n) is 7.57. The van der Waals surface area contributed by atoms with Crippen LogP contribution in [0, 0.1) is 0 Å². The molecular weight excluding hydrogens is 478 g/mol. The molecule has 3 aromatic rings. The van der Waals surface area contributed by atoms with Gasteiger partial charge < -0.3 is 28.8 Å². The third-order valence-corrected chi connectivity index (χ3v) is 7.57. The zero-order valence-corrected chi connectivity index (χ0v) is 20.7. The Morgan fingerprint density at radius 2 is 1.97 bits per heavy atom. The van der Waals surface area contributed by atoms with Gasteiger partial charge in [0.15, 0.2) is 5.60 Å². The minimum absolute atomic E-state index is 0.0809. The van der Waals surface area contributed by atoms with E-state index in [1.165, 1.54) is 0 Å². The van der Waals surface area contributed by atoms with Gasteiger partial charge in [-0.05, 0) is 36.6 Å². The second kappa shape index (κ2) is 8.67. The summed E-state index contributed by atoms with van der Waals surface area (Å²) in [5, 5.41) is 11.8. The number of hydrogen-bond donors (Lipinski definition) is 1. The first-order valence-electron chi connectivity index (χ1n) is 12.5. The fourth-order valence-corrected chi connectivity index (χ4v) is 5.38. The number of amides is 1. The highest BCUT2D eigenvalue weighted by molar-refractivity contribution is 5.93. The maximum absolute atomic E-state index is 13.4. The maximum atomic E-state index is 13.4. The van der Waals surface area contributed by atoms with Crippen LogP contribution in [-0.2, 0) is 39.4 Å². The number of carbonyl (C=O) groups is 2. The summed E-state index contributed by atoms with van der Waals surface area (Å²) in [6, 6.07) is 7.28. The van der Waals surface area contributed by atoms with Gasteiger partial charge in [-0.15, -0.1) is 0 Å². The van der Waals surface area contributed by atoms with E-state index >= 15 is 0 Å². The molecule has 2 aromatic heterocycles. The summed E-state index contributed by atoms with van der Waals surface area (Å²) in [6.45, 7) is 5.67. The molecule has 0 spiro atoms. The van der Waals surface area contributed by atoms with E-state index in [4.69, 9.17) is 19.2 Å². The zero-order chi connectivity index (χ0) is 25.9. The molecule has 0 radical (unpaired) electrons. The van der Waals surface area contributed by atoms with Gasteiger partial charge in [-0.25, -0.2) is 14.6 Å². The third kappa shape index (κ3) is 3.54. The largest absolute Gasteiger partial charge is 0.458 e. The van der Waals surface area contributed by atoms with Gasteiger partial charge in [0.2, 0.25) is 0 Å². The number of cyclic esters (lactones) is 1. The number of aryl methyl sites for hydroxylation is 1. The van der Waals surface area contributed by atoms with E-state index in [2.05, 4.69) is 0 Å². The average molecular weight is 506 g/mol. The highest BCUT2D eigenvalue weighted by atomic mass is 16.6. The van der Waals surface area contributed by atoms with Crippen molar-refractivity contribution in [1.29, 1.82) is 0 Å². The Bertz CT molecular complexity index is 1520. The Morgan fingerprint density at radius 1 is 1.19 bits per heavy atom. The molecule has 0 aliphatic carbocycles. The highest BCUT2D eigenvalue weighted by Gasteiger charge is 2.45. The molecule has 6 rings (SSSR count). The number of fused-ring (bicyclic) bond motifs is 5. The number of morpholine rings is 1. The number of esters is 1. The summed E-state index contributed by atoms with van der Waals surface area (Å²) in [5.41, 5.74) is 1.95. The van der Waals surface area contributed by atoms with Crippen molar-refractivity contribution in [2.24, 2.45) is 0 Å². The zero-order valence-electron chi connectivity index (χ0n) is 20.7. The molecule has 3 aliphatic heterocycles. The number of carbonyl (C=O) groups excluding carboxylic acids is 2. The Hall–Kier alpha value is -3.76. The minimum atomic E-state index is -1.88. The number of pyridine rings is 2. The lowest BCUT2D eigenvalue weighted by Gasteiger charge is -2.31. The van der Waals surface area contributed by atoms with Gasteiger partial charge in [0.05, 0.1) is 42.2 Å². The number of rotatable bonds is 3. The van der Waals surface area contributed by atoms with Crippen molar-refractivity contribution in [3.05, 3.63) is 56.9 Å². The van der Waals surface area contributed by atoms with Gasteiger partial charge in [-0.3, -0.25) is 4.79 Å². The van der Waals surface area contributed by atoms with E-state index in [9.17, 15) is 19.5 Å². The molecule has 37 heavy (non-hydrogen) atoms. The van der Waals surface area contributed by atoms with E-state index in [1.54, 1.807) is 28.5 Å². The first kappa shape index (κ1) is 23.6. The lowest BCUT2D eigenvalue weighted by Crippen LogP contribution is -2.44. The lowest BCUT2D eigenvalue weighted by atomic mass is 9.86. The number of hydrogen-bond acceptors (Lipinski definition) is 8. The van der Waals surface area contributed by atoms with Crippen molar-refractivity contribution in [3.63, 3.8) is 0 Å². The minimum Gasteiger partial charge on any atom is -0.458 e. The summed E-state index contributed by atoms with van der Waals surface area (Å²) >= 11 is 0. The molecule has 1 N–H and O–H groups in total. The van der Waals surface area contributed by atoms with Crippen LogP contribution in [0.5, 0.6) is 5.75 Å². The number of aliphatic hydroxyl groups is 1. The Labute approximate surface area is 212 Å². The van der Waals surface area contributed by atoms with Crippen molar-refractivity contribution in [2.75, 3.05) is 26.3 Å². The van der Waals surface area contributed by atoms with E-state index in [1.807, 2.05) is 19.1 Å². The van der Waals surface area contributed by atoms with Crippen molar-refractivity contribution in [3.8, 4) is 17.1 Å². The van der Waals surface area contributed by atoms with Gasteiger partial charge in [0.1, 0.15) is 12.4 Å². The Morgan fingerprint density at radius 3 is 2.70 bits per heavy atom. The normalized spacial score (nSPS) is 20.3. The molecule has 1 saturated heterocycles. The summed E-state index contributed by atoms with van der Waals surface area (Å²) in [4.78, 5) is 45.2. The molecule has 1 amide bonds. The molecule has 0 bridgehead atoms. The molecule has 3 aliphatic rings. The van der Waals surface area contributed by atoms with Gasteiger partial charge in [0.25, 0.3) is 5.56 Å². The van der Waals surface area contributed by atoms with Crippen LogP contribution in [0.25, 0.3) is 22.3 Å². The van der Waals surface area contributed by atoms with Crippen molar-refractivity contribution < 1.29 is 28.9 Å². The lowest BCUT2D eigenvalue weighted by molar-refractivity contribution is -0.172. The van der Waals surface area contributed by atoms with E-state index in [0.717, 1.165) is 11.1 Å². The van der Waals surface area contributed by atoms with Gasteiger partial charge in [-0.1, -0.05) is 19.9 Å². The first-order valence-corrected chi connectivity index (χ1v) is 12.5. The van der Waals surface area contributed by atoms with Crippen LogP contribution in [0.1, 0.15) is 42.5 Å². The van der Waals surface area contributed by atoms with Gasteiger partial charge in [0, 0.05) is 29.6 Å². The van der Waals surface area contributed by atoms with Crippen LogP contribution in [0.4, 0.5) is 4.79 Å². The Kier molecular flexibility index (Phi) is 5.54. The first-order chi connectivity index (χ1) is 17.9. The predicted octanol–water partition coefficient (Wildman–Crippen LogP) is 2.47. The molecule has 1 atom stereocenters. The van der Waals surface area contributed by atoms with Gasteiger partial charge >= 0.3 is 12.1 Å². The number of nitrogens with zero attached hydrogens (tertiary/aromatic N) is 3. The number of aromatic nitrogens is 2. The van der Waals surface area contributed by atoms with Crippen LogP contribution in [0.3, 0.4) is 0 Å². The maximum Gasteiger partial charge on any atom is 0.415 e. The second-order valence-electron chi connectivity index (χ2n) is 9.54. The van der Waals surface area contributed by atoms with E-state index < -0.39 is 17.7 Å². The molecule has 10 heteroatoms. The summed E-state index contributed by atoms with van der Waals surface area (Å²) in [6.07, 6.45) is 0.348. The van der Waals surface area contributed by atoms with Crippen LogP contribution < -0.4 is 10.3 Å². The number of benzene rings is 1. The second-order valence-corrected chi connectivity index (χ2v) is 9.54. The quantitative estimate of drug-likeness (QED) is 0.422. The molecule has 192 valence electrons. The topological polar surface area (TPSA) is 120 Å². The van der Waals surface area contributed by atoms with Crippen molar-refractivity contribution in [1.82, 2.24) is 14.5 Å². The standard InChI is InChI=1S/C27H27N3O7/c1-3-15-5-6-21(37-26(33)29-7-9-35-10-8-29)17-11-16-13-30-20(23(16)28-22(15)17)12-19-18(24(30)31)14-36-25(32)27(19,34)4-2/h5-6,11-12,34H,3-4,7-10,13-14H2,1-2H3/t27-/m0/s1. The SMILES string of the molecule is CCc1ccc(OC(=O)N2CCOCC2)c2cc3c(nc12)-c1cc2c(c(=O)n1C3)COC(=O)[C@]2(O)CC.